The number of benzene rings is 1. The number of nitrogens with two attached hydrogens (primary N) is 1. The maximum Gasteiger partial charge on any atom is 0.226 e. The van der Waals surface area contributed by atoms with Gasteiger partial charge >= 0.3 is 0 Å². The van der Waals surface area contributed by atoms with Gasteiger partial charge in [-0.15, -0.1) is 36.2 Å². The fourth-order valence-electron chi connectivity index (χ4n) is 2.26. The van der Waals surface area contributed by atoms with Gasteiger partial charge in [0.25, 0.3) is 0 Å². The topological polar surface area (TPSA) is 68.0 Å². The van der Waals surface area contributed by atoms with Gasteiger partial charge < -0.3 is 11.1 Å². The van der Waals surface area contributed by atoms with E-state index in [4.69, 9.17) is 5.73 Å². The number of halogens is 2. The molecule has 0 spiro atoms. The van der Waals surface area contributed by atoms with Crippen LogP contribution in [0.3, 0.4) is 0 Å². The van der Waals surface area contributed by atoms with Crippen molar-refractivity contribution in [2.75, 3.05) is 6.54 Å². The van der Waals surface area contributed by atoms with Gasteiger partial charge in [-0.3, -0.25) is 4.79 Å². The van der Waals surface area contributed by atoms with E-state index in [9.17, 15) is 4.79 Å². The zero-order valence-corrected chi connectivity index (χ0v) is 17.5. The number of hydrogen-bond acceptors (Lipinski definition) is 4. The molecule has 0 aliphatic heterocycles. The number of amides is 1. The van der Waals surface area contributed by atoms with E-state index in [1.165, 1.54) is 5.56 Å². The lowest BCUT2D eigenvalue weighted by Crippen LogP contribution is -2.55. The molecule has 1 heterocycles. The van der Waals surface area contributed by atoms with E-state index in [0.717, 1.165) is 16.3 Å². The molecule has 0 fully saturated rings. The normalized spacial score (nSPS) is 12.7. The molecular weight excluding hydrogens is 377 g/mol. The van der Waals surface area contributed by atoms with E-state index in [1.807, 2.05) is 24.4 Å². The highest BCUT2D eigenvalue weighted by Gasteiger charge is 2.28. The number of rotatable bonds is 6. The SMILES string of the molecule is Cc1cccc(-c2nc(CC(=O)NC(C)(CN)C(C)C)cs2)c1.Cl.Cl. The quantitative estimate of drug-likeness (QED) is 0.765. The van der Waals surface area contributed by atoms with Crippen molar-refractivity contribution >= 4 is 42.1 Å². The first-order valence-electron chi connectivity index (χ1n) is 7.86. The van der Waals surface area contributed by atoms with Crippen LogP contribution in [-0.4, -0.2) is 23.0 Å². The van der Waals surface area contributed by atoms with Crippen LogP contribution in [0.15, 0.2) is 29.6 Å². The maximum absolute atomic E-state index is 12.3. The average Bonchev–Trinajstić information content (AvgIpc) is 2.95. The molecule has 1 amide bonds. The number of nitrogens with zero attached hydrogens (tertiary/aromatic N) is 1. The van der Waals surface area contributed by atoms with E-state index >= 15 is 0 Å². The molecule has 1 aromatic carbocycles. The first-order chi connectivity index (χ1) is 10.8. The third kappa shape index (κ3) is 6.26. The van der Waals surface area contributed by atoms with Crippen LogP contribution in [0.2, 0.25) is 0 Å². The monoisotopic (exact) mass is 403 g/mol. The standard InChI is InChI=1S/C18H25N3OS.2ClH/c1-12(2)18(4,11-19)21-16(22)9-15-10-23-17(20-15)14-7-5-6-13(3)8-14;;/h5-8,10,12H,9,11,19H2,1-4H3,(H,21,22);2*1H. The molecule has 0 aliphatic rings. The molecule has 1 aromatic heterocycles. The first kappa shape index (κ1) is 23.9. The van der Waals surface area contributed by atoms with Crippen LogP contribution in [0.1, 0.15) is 32.0 Å². The molecule has 2 rings (SSSR count). The summed E-state index contributed by atoms with van der Waals surface area (Å²) in [6.45, 7) is 8.58. The Morgan fingerprint density at radius 1 is 1.36 bits per heavy atom. The Kier molecular flexibility index (Phi) is 9.66. The molecule has 1 unspecified atom stereocenters. The molecule has 1 atom stereocenters. The fraction of sp³-hybridized carbons (Fsp3) is 0.444. The molecule has 0 saturated carbocycles. The number of aromatic nitrogens is 1. The lowest BCUT2D eigenvalue weighted by molar-refractivity contribution is -0.122. The highest BCUT2D eigenvalue weighted by Crippen LogP contribution is 2.24. The molecule has 25 heavy (non-hydrogen) atoms. The largest absolute Gasteiger partial charge is 0.349 e. The summed E-state index contributed by atoms with van der Waals surface area (Å²) in [5, 5.41) is 5.95. The number of thiazole rings is 1. The van der Waals surface area contributed by atoms with Crippen LogP contribution in [0.5, 0.6) is 0 Å². The van der Waals surface area contributed by atoms with Gasteiger partial charge in [0.1, 0.15) is 5.01 Å². The molecule has 0 saturated heterocycles. The number of carbonyl (C=O) groups is 1. The predicted molar refractivity (Wildman–Crippen MR) is 111 cm³/mol. The lowest BCUT2D eigenvalue weighted by Gasteiger charge is -2.33. The van der Waals surface area contributed by atoms with Gasteiger partial charge in [0.05, 0.1) is 17.7 Å². The van der Waals surface area contributed by atoms with Crippen molar-refractivity contribution in [1.82, 2.24) is 10.3 Å². The molecule has 7 heteroatoms. The molecule has 0 bridgehead atoms. The molecule has 3 N–H and O–H groups in total. The lowest BCUT2D eigenvalue weighted by atomic mass is 9.88. The molecule has 0 radical (unpaired) electrons. The molecule has 0 aliphatic carbocycles. The van der Waals surface area contributed by atoms with Gasteiger partial charge in [0, 0.05) is 17.5 Å². The Balaban J connectivity index is 0.00000288. The molecule has 2 aromatic rings. The Morgan fingerprint density at radius 2 is 2.04 bits per heavy atom. The van der Waals surface area contributed by atoms with Crippen LogP contribution in [0, 0.1) is 12.8 Å². The Morgan fingerprint density at radius 3 is 2.60 bits per heavy atom. The Labute approximate surface area is 166 Å². The van der Waals surface area contributed by atoms with Gasteiger partial charge in [0.2, 0.25) is 5.91 Å². The average molecular weight is 404 g/mol. The van der Waals surface area contributed by atoms with E-state index in [-0.39, 0.29) is 48.6 Å². The van der Waals surface area contributed by atoms with E-state index < -0.39 is 0 Å². The number of aryl methyl sites for hydroxylation is 1. The summed E-state index contributed by atoms with van der Waals surface area (Å²) in [5.74, 6) is 0.238. The van der Waals surface area contributed by atoms with Gasteiger partial charge in [-0.25, -0.2) is 4.98 Å². The van der Waals surface area contributed by atoms with Crippen molar-refractivity contribution < 1.29 is 4.79 Å². The summed E-state index contributed by atoms with van der Waals surface area (Å²) in [4.78, 5) is 16.9. The summed E-state index contributed by atoms with van der Waals surface area (Å²) in [6, 6.07) is 8.23. The summed E-state index contributed by atoms with van der Waals surface area (Å²) in [7, 11) is 0. The van der Waals surface area contributed by atoms with Crippen molar-refractivity contribution in [1.29, 1.82) is 0 Å². The fourth-order valence-corrected chi connectivity index (χ4v) is 3.07. The minimum atomic E-state index is -0.382. The van der Waals surface area contributed by atoms with Crippen molar-refractivity contribution in [3.8, 4) is 10.6 Å². The number of nitrogens with one attached hydrogen (secondary N) is 1. The summed E-state index contributed by atoms with van der Waals surface area (Å²) < 4.78 is 0. The third-order valence-corrected chi connectivity index (χ3v) is 5.22. The minimum absolute atomic E-state index is 0. The van der Waals surface area contributed by atoms with E-state index in [1.54, 1.807) is 11.3 Å². The smallest absolute Gasteiger partial charge is 0.226 e. The summed E-state index contributed by atoms with van der Waals surface area (Å²) in [5.41, 5.74) is 8.53. The zero-order valence-electron chi connectivity index (χ0n) is 15.0. The molecule has 4 nitrogen and oxygen atoms in total. The van der Waals surface area contributed by atoms with Crippen LogP contribution in [0.25, 0.3) is 10.6 Å². The second kappa shape index (κ2) is 10.1. The summed E-state index contributed by atoms with van der Waals surface area (Å²) >= 11 is 1.57. The van der Waals surface area contributed by atoms with Gasteiger partial charge in [-0.05, 0) is 25.8 Å². The second-order valence-electron chi connectivity index (χ2n) is 6.51. The molecule has 140 valence electrons. The zero-order chi connectivity index (χ0) is 17.0. The van der Waals surface area contributed by atoms with Gasteiger partial charge in [-0.2, -0.15) is 0 Å². The number of hydrogen-bond donors (Lipinski definition) is 2. The third-order valence-electron chi connectivity index (χ3n) is 4.28. The van der Waals surface area contributed by atoms with Crippen molar-refractivity contribution in [2.24, 2.45) is 11.7 Å². The Hall–Kier alpha value is -1.14. The van der Waals surface area contributed by atoms with Crippen LogP contribution in [0.4, 0.5) is 0 Å². The predicted octanol–water partition coefficient (Wildman–Crippen LogP) is 3.99. The van der Waals surface area contributed by atoms with Gasteiger partial charge in [0.15, 0.2) is 0 Å². The first-order valence-corrected chi connectivity index (χ1v) is 8.74. The maximum atomic E-state index is 12.3. The van der Waals surface area contributed by atoms with Crippen molar-refractivity contribution in [3.05, 3.63) is 40.9 Å². The highest BCUT2D eigenvalue weighted by atomic mass is 35.5. The molecular formula is C18H27Cl2N3OS. The van der Waals surface area contributed by atoms with E-state index in [0.29, 0.717) is 6.54 Å². The second-order valence-corrected chi connectivity index (χ2v) is 7.37. The van der Waals surface area contributed by atoms with Crippen molar-refractivity contribution in [3.63, 3.8) is 0 Å². The minimum Gasteiger partial charge on any atom is -0.349 e. The van der Waals surface area contributed by atoms with E-state index in [2.05, 4.69) is 43.2 Å². The van der Waals surface area contributed by atoms with Crippen LogP contribution >= 0.6 is 36.2 Å². The Bertz CT molecular complexity index is 690. The highest BCUT2D eigenvalue weighted by molar-refractivity contribution is 7.13. The van der Waals surface area contributed by atoms with Crippen LogP contribution in [-0.2, 0) is 11.2 Å². The summed E-state index contributed by atoms with van der Waals surface area (Å²) in [6.07, 6.45) is 0.282. The van der Waals surface area contributed by atoms with Crippen molar-refractivity contribution in [2.45, 2.75) is 39.7 Å². The number of carbonyl (C=O) groups excluding carboxylic acids is 1. The van der Waals surface area contributed by atoms with Gasteiger partial charge in [-0.1, -0.05) is 37.6 Å². The van der Waals surface area contributed by atoms with Crippen LogP contribution < -0.4 is 11.1 Å².